The first-order chi connectivity index (χ1) is 7.70. The third kappa shape index (κ3) is 2.05. The van der Waals surface area contributed by atoms with Crippen LogP contribution in [0.25, 0.3) is 11.3 Å². The van der Waals surface area contributed by atoms with Crippen molar-refractivity contribution < 1.29 is 4.39 Å². The topological polar surface area (TPSA) is 43.8 Å². The number of hydrogen-bond donors (Lipinski definition) is 1. The summed E-state index contributed by atoms with van der Waals surface area (Å²) in [5.74, 6) is 0.617. The standard InChI is InChI=1S/C12H14FN3/c1-16-12(14)8-11(15-16)10-4-2-3-9(7-10)5-6-13/h2-4,7-8H,5-6,14H2,1H3. The maximum Gasteiger partial charge on any atom is 0.121 e. The summed E-state index contributed by atoms with van der Waals surface area (Å²) in [7, 11) is 1.80. The minimum atomic E-state index is -0.339. The summed E-state index contributed by atoms with van der Waals surface area (Å²) in [5.41, 5.74) is 8.48. The smallest absolute Gasteiger partial charge is 0.121 e. The molecule has 0 unspecified atom stereocenters. The lowest BCUT2D eigenvalue weighted by molar-refractivity contribution is 0.495. The molecule has 2 N–H and O–H groups in total. The van der Waals surface area contributed by atoms with Gasteiger partial charge in [0, 0.05) is 25.1 Å². The molecule has 4 heteroatoms. The van der Waals surface area contributed by atoms with Crippen molar-refractivity contribution in [2.75, 3.05) is 12.4 Å². The van der Waals surface area contributed by atoms with Gasteiger partial charge in [0.2, 0.25) is 0 Å². The van der Waals surface area contributed by atoms with Crippen LogP contribution in [0.4, 0.5) is 10.2 Å². The SMILES string of the molecule is Cn1nc(-c2cccc(CCF)c2)cc1N. The third-order valence-electron chi connectivity index (χ3n) is 2.52. The minimum Gasteiger partial charge on any atom is -0.384 e. The molecule has 1 aromatic carbocycles. The average Bonchev–Trinajstić information content (AvgIpc) is 2.60. The van der Waals surface area contributed by atoms with Gasteiger partial charge in [0.1, 0.15) is 5.82 Å². The largest absolute Gasteiger partial charge is 0.384 e. The number of nitrogen functional groups attached to an aromatic ring is 1. The summed E-state index contributed by atoms with van der Waals surface area (Å²) in [6.45, 7) is -0.339. The molecule has 0 aliphatic rings. The van der Waals surface area contributed by atoms with Gasteiger partial charge >= 0.3 is 0 Å². The number of nitrogens with zero attached hydrogens (tertiary/aromatic N) is 2. The third-order valence-corrected chi connectivity index (χ3v) is 2.52. The van der Waals surface area contributed by atoms with Gasteiger partial charge in [-0.3, -0.25) is 9.07 Å². The summed E-state index contributed by atoms with van der Waals surface area (Å²) in [4.78, 5) is 0. The number of aryl methyl sites for hydroxylation is 2. The first kappa shape index (κ1) is 10.7. The molecular formula is C12H14FN3. The molecule has 1 heterocycles. The van der Waals surface area contributed by atoms with E-state index in [0.717, 1.165) is 16.8 Å². The number of nitrogens with two attached hydrogens (primary N) is 1. The Kier molecular flexibility index (Phi) is 2.90. The van der Waals surface area contributed by atoms with Crippen molar-refractivity contribution in [3.63, 3.8) is 0 Å². The van der Waals surface area contributed by atoms with Gasteiger partial charge in [0.15, 0.2) is 0 Å². The first-order valence-electron chi connectivity index (χ1n) is 5.15. The minimum absolute atomic E-state index is 0.339. The molecule has 0 aliphatic carbocycles. The van der Waals surface area contributed by atoms with Gasteiger partial charge in [-0.25, -0.2) is 0 Å². The maximum atomic E-state index is 12.2. The van der Waals surface area contributed by atoms with Crippen molar-refractivity contribution in [2.24, 2.45) is 7.05 Å². The van der Waals surface area contributed by atoms with E-state index in [1.807, 2.05) is 30.3 Å². The molecule has 1 aromatic heterocycles. The van der Waals surface area contributed by atoms with E-state index in [1.165, 1.54) is 0 Å². The number of rotatable bonds is 3. The molecule has 0 amide bonds. The van der Waals surface area contributed by atoms with Gasteiger partial charge in [-0.1, -0.05) is 18.2 Å². The van der Waals surface area contributed by atoms with Crippen LogP contribution in [0.2, 0.25) is 0 Å². The predicted octanol–water partition coefficient (Wildman–Crippen LogP) is 2.18. The predicted molar refractivity (Wildman–Crippen MR) is 62.7 cm³/mol. The molecule has 16 heavy (non-hydrogen) atoms. The van der Waals surface area contributed by atoms with E-state index in [2.05, 4.69) is 5.10 Å². The number of benzene rings is 1. The molecule has 3 nitrogen and oxygen atoms in total. The zero-order valence-electron chi connectivity index (χ0n) is 9.15. The van der Waals surface area contributed by atoms with Crippen molar-refractivity contribution >= 4 is 5.82 Å². The highest BCUT2D eigenvalue weighted by atomic mass is 19.1. The zero-order valence-corrected chi connectivity index (χ0v) is 9.15. The van der Waals surface area contributed by atoms with Crippen LogP contribution >= 0.6 is 0 Å². The second-order valence-corrected chi connectivity index (χ2v) is 3.72. The summed E-state index contributed by atoms with van der Waals surface area (Å²) in [5, 5.41) is 4.28. The van der Waals surface area contributed by atoms with Crippen LogP contribution in [0.1, 0.15) is 5.56 Å². The Balaban J connectivity index is 2.36. The van der Waals surface area contributed by atoms with Crippen LogP contribution in [0.3, 0.4) is 0 Å². The Morgan fingerprint density at radius 1 is 1.38 bits per heavy atom. The maximum absolute atomic E-state index is 12.2. The normalized spacial score (nSPS) is 10.6. The first-order valence-corrected chi connectivity index (χ1v) is 5.15. The monoisotopic (exact) mass is 219 g/mol. The van der Waals surface area contributed by atoms with E-state index in [1.54, 1.807) is 11.7 Å². The molecule has 0 fully saturated rings. The number of halogens is 1. The van der Waals surface area contributed by atoms with Crippen LogP contribution in [0.5, 0.6) is 0 Å². The van der Waals surface area contributed by atoms with Crippen molar-refractivity contribution in [3.05, 3.63) is 35.9 Å². The van der Waals surface area contributed by atoms with Gasteiger partial charge in [0.05, 0.1) is 12.4 Å². The molecule has 2 rings (SSSR count). The molecule has 84 valence electrons. The van der Waals surface area contributed by atoms with Crippen molar-refractivity contribution in [3.8, 4) is 11.3 Å². The lowest BCUT2D eigenvalue weighted by atomic mass is 10.1. The molecule has 0 radical (unpaired) electrons. The Labute approximate surface area is 93.7 Å². The molecule has 2 aromatic rings. The van der Waals surface area contributed by atoms with E-state index in [-0.39, 0.29) is 6.67 Å². The lowest BCUT2D eigenvalue weighted by Crippen LogP contribution is -1.96. The number of alkyl halides is 1. The van der Waals surface area contributed by atoms with E-state index >= 15 is 0 Å². The van der Waals surface area contributed by atoms with Crippen LogP contribution in [-0.2, 0) is 13.5 Å². The van der Waals surface area contributed by atoms with Gasteiger partial charge in [0.25, 0.3) is 0 Å². The van der Waals surface area contributed by atoms with Gasteiger partial charge in [-0.2, -0.15) is 5.10 Å². The number of anilines is 1. The summed E-state index contributed by atoms with van der Waals surface area (Å²) >= 11 is 0. The highest BCUT2D eigenvalue weighted by Gasteiger charge is 2.05. The Bertz CT molecular complexity index is 471. The van der Waals surface area contributed by atoms with Crippen LogP contribution in [0.15, 0.2) is 30.3 Å². The molecule has 0 spiro atoms. The average molecular weight is 219 g/mol. The quantitative estimate of drug-likeness (QED) is 0.859. The number of aromatic nitrogens is 2. The van der Waals surface area contributed by atoms with Crippen LogP contribution < -0.4 is 5.73 Å². The lowest BCUT2D eigenvalue weighted by Gasteiger charge is -2.00. The van der Waals surface area contributed by atoms with Crippen LogP contribution in [0, 0.1) is 0 Å². The van der Waals surface area contributed by atoms with E-state index < -0.39 is 0 Å². The molecule has 0 saturated heterocycles. The Morgan fingerprint density at radius 3 is 2.81 bits per heavy atom. The highest BCUT2D eigenvalue weighted by Crippen LogP contribution is 2.21. The van der Waals surface area contributed by atoms with E-state index in [0.29, 0.717) is 12.2 Å². The fraction of sp³-hybridized carbons (Fsp3) is 0.250. The van der Waals surface area contributed by atoms with E-state index in [9.17, 15) is 4.39 Å². The van der Waals surface area contributed by atoms with E-state index in [4.69, 9.17) is 5.73 Å². The summed E-state index contributed by atoms with van der Waals surface area (Å²) in [6, 6.07) is 9.53. The fourth-order valence-electron chi connectivity index (χ4n) is 1.62. The second kappa shape index (κ2) is 4.35. The summed E-state index contributed by atoms with van der Waals surface area (Å²) < 4.78 is 13.9. The Morgan fingerprint density at radius 2 is 2.19 bits per heavy atom. The zero-order chi connectivity index (χ0) is 11.5. The van der Waals surface area contributed by atoms with Crippen molar-refractivity contribution in [1.29, 1.82) is 0 Å². The molecule has 0 aliphatic heterocycles. The molecular weight excluding hydrogens is 205 g/mol. The van der Waals surface area contributed by atoms with Gasteiger partial charge in [-0.05, 0) is 11.6 Å². The van der Waals surface area contributed by atoms with Crippen molar-refractivity contribution in [2.45, 2.75) is 6.42 Å². The summed E-state index contributed by atoms with van der Waals surface area (Å²) in [6.07, 6.45) is 0.441. The fourth-order valence-corrected chi connectivity index (χ4v) is 1.62. The van der Waals surface area contributed by atoms with Gasteiger partial charge in [-0.15, -0.1) is 0 Å². The van der Waals surface area contributed by atoms with Gasteiger partial charge < -0.3 is 5.73 Å². The highest BCUT2D eigenvalue weighted by molar-refractivity contribution is 5.63. The Hall–Kier alpha value is -1.84. The second-order valence-electron chi connectivity index (χ2n) is 3.72. The molecule has 0 saturated carbocycles. The van der Waals surface area contributed by atoms with Crippen molar-refractivity contribution in [1.82, 2.24) is 9.78 Å². The molecule has 0 atom stereocenters. The number of hydrogen-bond acceptors (Lipinski definition) is 2. The molecule has 0 bridgehead atoms. The van der Waals surface area contributed by atoms with Crippen LogP contribution in [-0.4, -0.2) is 16.5 Å².